The molecule has 2 aromatic rings. The van der Waals surface area contributed by atoms with E-state index in [2.05, 4.69) is 48.2 Å². The van der Waals surface area contributed by atoms with E-state index in [1.807, 2.05) is 10.6 Å². The van der Waals surface area contributed by atoms with Gasteiger partial charge < -0.3 is 9.47 Å². The largest absolute Gasteiger partial charge is 0.312 e. The summed E-state index contributed by atoms with van der Waals surface area (Å²) in [5.41, 5.74) is 2.86. The predicted molar refractivity (Wildman–Crippen MR) is 97.5 cm³/mol. The van der Waals surface area contributed by atoms with E-state index in [-0.39, 0.29) is 5.56 Å². The average molecular weight is 322 g/mol. The summed E-state index contributed by atoms with van der Waals surface area (Å²) in [5.74, 6) is 1.75. The second-order valence-electron chi connectivity index (χ2n) is 7.56. The highest BCUT2D eigenvalue weighted by atomic mass is 16.1. The molecule has 4 rings (SSSR count). The molecule has 0 amide bonds. The molecule has 1 unspecified atom stereocenters. The van der Waals surface area contributed by atoms with E-state index >= 15 is 0 Å². The summed E-state index contributed by atoms with van der Waals surface area (Å²) in [6.45, 7) is 6.62. The van der Waals surface area contributed by atoms with Gasteiger partial charge in [-0.05, 0) is 42.9 Å². The molecule has 0 aliphatic carbocycles. The first-order valence-electron chi connectivity index (χ1n) is 9.18. The first-order valence-corrected chi connectivity index (χ1v) is 9.18. The Morgan fingerprint density at radius 1 is 1.04 bits per heavy atom. The Labute approximate surface area is 143 Å². The number of rotatable bonds is 4. The summed E-state index contributed by atoms with van der Waals surface area (Å²) in [6.07, 6.45) is 2.44. The molecule has 0 N–H and O–H groups in total. The molecule has 3 atom stereocenters. The van der Waals surface area contributed by atoms with E-state index in [1.165, 1.54) is 24.1 Å². The minimum Gasteiger partial charge on any atom is -0.312 e. The topological polar surface area (TPSA) is 25.2 Å². The van der Waals surface area contributed by atoms with Gasteiger partial charge in [0.15, 0.2) is 0 Å². The van der Waals surface area contributed by atoms with Crippen LogP contribution in [0, 0.1) is 5.92 Å². The minimum atomic E-state index is 0.174. The summed E-state index contributed by atoms with van der Waals surface area (Å²) in [6, 6.07) is 16.6. The summed E-state index contributed by atoms with van der Waals surface area (Å²) in [7, 11) is 0. The van der Waals surface area contributed by atoms with Crippen molar-refractivity contribution in [3.8, 4) is 0 Å². The van der Waals surface area contributed by atoms with Crippen LogP contribution in [0.1, 0.15) is 42.9 Å². The van der Waals surface area contributed by atoms with Gasteiger partial charge in [-0.15, -0.1) is 0 Å². The fraction of sp³-hybridized carbons (Fsp3) is 0.476. The van der Waals surface area contributed by atoms with Crippen molar-refractivity contribution < 1.29 is 0 Å². The maximum Gasteiger partial charge on any atom is 0.250 e. The average Bonchev–Trinajstić information content (AvgIpc) is 2.61. The fourth-order valence-electron chi connectivity index (χ4n) is 4.50. The molecule has 2 aliphatic heterocycles. The van der Waals surface area contributed by atoms with E-state index in [0.717, 1.165) is 26.2 Å². The maximum atomic E-state index is 12.1. The van der Waals surface area contributed by atoms with Gasteiger partial charge in [-0.3, -0.25) is 4.79 Å². The van der Waals surface area contributed by atoms with Crippen molar-refractivity contribution in [1.82, 2.24) is 9.47 Å². The number of pyridine rings is 1. The molecule has 3 heterocycles. The van der Waals surface area contributed by atoms with Crippen molar-refractivity contribution in [3.63, 3.8) is 0 Å². The van der Waals surface area contributed by atoms with Gasteiger partial charge in [-0.25, -0.2) is 0 Å². The van der Waals surface area contributed by atoms with E-state index < -0.39 is 0 Å². The lowest BCUT2D eigenvalue weighted by atomic mass is 9.83. The molecule has 2 bridgehead atoms. The van der Waals surface area contributed by atoms with Crippen LogP contribution >= 0.6 is 0 Å². The van der Waals surface area contributed by atoms with Crippen LogP contribution < -0.4 is 5.56 Å². The molecule has 24 heavy (non-hydrogen) atoms. The highest BCUT2D eigenvalue weighted by Gasteiger charge is 2.34. The molecule has 0 radical (unpaired) electrons. The molecule has 3 heteroatoms. The standard InChI is InChI=1S/C21H26N2O/c1-16(18-6-3-2-4-7-18)10-11-22-13-17-12-19(15-22)20-8-5-9-21(24)23(20)14-17/h2-9,16-17,19H,10-15H2,1H3/t16?,17-,19+/m0/s1. The summed E-state index contributed by atoms with van der Waals surface area (Å²) < 4.78 is 2.02. The molecular weight excluding hydrogens is 296 g/mol. The van der Waals surface area contributed by atoms with Gasteiger partial charge in [0.1, 0.15) is 0 Å². The molecule has 0 saturated carbocycles. The monoisotopic (exact) mass is 322 g/mol. The number of fused-ring (bicyclic) bond motifs is 4. The van der Waals surface area contributed by atoms with Crippen molar-refractivity contribution in [2.45, 2.75) is 38.1 Å². The van der Waals surface area contributed by atoms with Gasteiger partial charge in [0.2, 0.25) is 0 Å². The minimum absolute atomic E-state index is 0.174. The lowest BCUT2D eigenvalue weighted by molar-refractivity contribution is 0.117. The number of aromatic nitrogens is 1. The van der Waals surface area contributed by atoms with Crippen molar-refractivity contribution in [2.24, 2.45) is 5.92 Å². The number of hydrogen-bond donors (Lipinski definition) is 0. The molecule has 1 saturated heterocycles. The van der Waals surface area contributed by atoms with Crippen molar-refractivity contribution in [1.29, 1.82) is 0 Å². The zero-order valence-electron chi connectivity index (χ0n) is 14.4. The Hall–Kier alpha value is -1.87. The zero-order valence-corrected chi connectivity index (χ0v) is 14.4. The Kier molecular flexibility index (Phi) is 4.28. The number of piperidine rings is 1. The molecule has 2 aliphatic rings. The van der Waals surface area contributed by atoms with Gasteiger partial charge in [0, 0.05) is 37.3 Å². The van der Waals surface area contributed by atoms with Crippen molar-refractivity contribution in [2.75, 3.05) is 19.6 Å². The van der Waals surface area contributed by atoms with Gasteiger partial charge in [0.05, 0.1) is 0 Å². The lowest BCUT2D eigenvalue weighted by Crippen LogP contribution is -2.47. The van der Waals surface area contributed by atoms with Crippen molar-refractivity contribution in [3.05, 3.63) is 70.1 Å². The second kappa shape index (κ2) is 6.56. The van der Waals surface area contributed by atoms with E-state index in [1.54, 1.807) is 6.07 Å². The highest BCUT2D eigenvalue weighted by molar-refractivity contribution is 5.19. The molecular formula is C21H26N2O. The van der Waals surface area contributed by atoms with Crippen LogP contribution in [0.5, 0.6) is 0 Å². The molecule has 3 nitrogen and oxygen atoms in total. The summed E-state index contributed by atoms with van der Waals surface area (Å²) in [5, 5.41) is 0. The van der Waals surface area contributed by atoms with Crippen LogP contribution in [0.15, 0.2) is 53.3 Å². The molecule has 1 aromatic carbocycles. The quantitative estimate of drug-likeness (QED) is 0.861. The van der Waals surface area contributed by atoms with Gasteiger partial charge in [-0.1, -0.05) is 43.3 Å². The predicted octanol–water partition coefficient (Wildman–Crippen LogP) is 3.46. The Balaban J connectivity index is 1.42. The van der Waals surface area contributed by atoms with Crippen molar-refractivity contribution >= 4 is 0 Å². The first-order chi connectivity index (χ1) is 11.7. The highest BCUT2D eigenvalue weighted by Crippen LogP contribution is 2.35. The van der Waals surface area contributed by atoms with Crippen LogP contribution in [0.25, 0.3) is 0 Å². The van der Waals surface area contributed by atoms with Crippen LogP contribution in [0.4, 0.5) is 0 Å². The SMILES string of the molecule is CC(CCN1C[C@@H]2C[C@H](C1)c1cccc(=O)n1C2)c1ccccc1. The molecule has 0 spiro atoms. The van der Waals surface area contributed by atoms with Gasteiger partial charge >= 0.3 is 0 Å². The third-order valence-electron chi connectivity index (χ3n) is 5.80. The Morgan fingerprint density at radius 3 is 2.71 bits per heavy atom. The van der Waals surface area contributed by atoms with Gasteiger partial charge in [0.25, 0.3) is 5.56 Å². The third-order valence-corrected chi connectivity index (χ3v) is 5.80. The van der Waals surface area contributed by atoms with E-state index in [0.29, 0.717) is 17.8 Å². The lowest BCUT2D eigenvalue weighted by Gasteiger charge is -2.43. The van der Waals surface area contributed by atoms with Crippen LogP contribution in [-0.2, 0) is 6.54 Å². The Morgan fingerprint density at radius 2 is 1.88 bits per heavy atom. The number of likely N-dealkylation sites (tertiary alicyclic amines) is 1. The second-order valence-corrected chi connectivity index (χ2v) is 7.56. The number of benzene rings is 1. The van der Waals surface area contributed by atoms with Crippen LogP contribution in [0.3, 0.4) is 0 Å². The summed E-state index contributed by atoms with van der Waals surface area (Å²) in [4.78, 5) is 14.7. The maximum absolute atomic E-state index is 12.1. The molecule has 1 fully saturated rings. The third kappa shape index (κ3) is 3.05. The van der Waals surface area contributed by atoms with E-state index in [9.17, 15) is 4.79 Å². The number of hydrogen-bond acceptors (Lipinski definition) is 2. The Bertz CT molecular complexity index is 752. The normalized spacial score (nSPS) is 24.4. The van der Waals surface area contributed by atoms with Crippen LogP contribution in [0.2, 0.25) is 0 Å². The smallest absolute Gasteiger partial charge is 0.250 e. The van der Waals surface area contributed by atoms with E-state index in [4.69, 9.17) is 0 Å². The number of nitrogens with zero attached hydrogens (tertiary/aromatic N) is 2. The molecule has 1 aromatic heterocycles. The molecule has 126 valence electrons. The van der Waals surface area contributed by atoms with Gasteiger partial charge in [-0.2, -0.15) is 0 Å². The fourth-order valence-corrected chi connectivity index (χ4v) is 4.50. The first kappa shape index (κ1) is 15.6. The zero-order chi connectivity index (χ0) is 16.5. The van der Waals surface area contributed by atoms with Crippen LogP contribution in [-0.4, -0.2) is 29.1 Å². The summed E-state index contributed by atoms with van der Waals surface area (Å²) >= 11 is 0.